The van der Waals surface area contributed by atoms with Crippen molar-refractivity contribution in [2.75, 3.05) is 11.9 Å². The standard InChI is InChI=1S/C19H17Cl2N3O3/c1-11-6-8-12(9-7-11)19(2)17(26)24(18(27)23-19)10-15(25)22-16-13(20)4-3-5-14(16)21/h3-9H,10H2,1-2H3,(H,22,25)(H,23,27)/t19-/m0/s1. The maximum absolute atomic E-state index is 12.9. The van der Waals surface area contributed by atoms with Crippen molar-refractivity contribution in [2.24, 2.45) is 0 Å². The molecule has 3 rings (SSSR count). The second-order valence-electron chi connectivity index (χ2n) is 6.46. The first-order valence-electron chi connectivity index (χ1n) is 8.17. The van der Waals surface area contributed by atoms with Gasteiger partial charge in [-0.25, -0.2) is 4.79 Å². The SMILES string of the molecule is Cc1ccc([C@]2(C)NC(=O)N(CC(=O)Nc3c(Cl)cccc3Cl)C2=O)cc1. The zero-order valence-corrected chi connectivity index (χ0v) is 16.2. The number of anilines is 1. The summed E-state index contributed by atoms with van der Waals surface area (Å²) >= 11 is 12.1. The average molecular weight is 406 g/mol. The summed E-state index contributed by atoms with van der Waals surface area (Å²) < 4.78 is 0. The summed E-state index contributed by atoms with van der Waals surface area (Å²) in [4.78, 5) is 38.4. The highest BCUT2D eigenvalue weighted by atomic mass is 35.5. The summed E-state index contributed by atoms with van der Waals surface area (Å²) in [5, 5.41) is 5.73. The molecule has 6 nitrogen and oxygen atoms in total. The largest absolute Gasteiger partial charge is 0.325 e. The summed E-state index contributed by atoms with van der Waals surface area (Å²) in [7, 11) is 0. The molecule has 1 fully saturated rings. The van der Waals surface area contributed by atoms with E-state index in [1.165, 1.54) is 0 Å². The highest BCUT2D eigenvalue weighted by Gasteiger charge is 2.49. The van der Waals surface area contributed by atoms with E-state index in [1.807, 2.05) is 19.1 Å². The average Bonchev–Trinajstić information content (AvgIpc) is 2.83. The molecule has 1 aliphatic heterocycles. The van der Waals surface area contributed by atoms with Gasteiger partial charge in [-0.2, -0.15) is 0 Å². The fourth-order valence-electron chi connectivity index (χ4n) is 2.86. The van der Waals surface area contributed by atoms with Crippen LogP contribution < -0.4 is 10.6 Å². The van der Waals surface area contributed by atoms with Crippen molar-refractivity contribution in [1.82, 2.24) is 10.2 Å². The molecule has 0 saturated carbocycles. The Morgan fingerprint density at radius 2 is 1.70 bits per heavy atom. The minimum absolute atomic E-state index is 0.235. The van der Waals surface area contributed by atoms with Crippen LogP contribution in [0.25, 0.3) is 0 Å². The Hall–Kier alpha value is -2.57. The lowest BCUT2D eigenvalue weighted by atomic mass is 9.91. The highest BCUT2D eigenvalue weighted by molar-refractivity contribution is 6.39. The first-order valence-corrected chi connectivity index (χ1v) is 8.93. The molecule has 2 N–H and O–H groups in total. The number of aryl methyl sites for hydroxylation is 1. The number of carbonyl (C=O) groups excluding carboxylic acids is 3. The van der Waals surface area contributed by atoms with Crippen molar-refractivity contribution in [3.8, 4) is 0 Å². The summed E-state index contributed by atoms with van der Waals surface area (Å²) in [6.07, 6.45) is 0. The van der Waals surface area contributed by atoms with E-state index < -0.39 is 29.9 Å². The molecule has 1 saturated heterocycles. The third kappa shape index (κ3) is 3.63. The van der Waals surface area contributed by atoms with Gasteiger partial charge < -0.3 is 10.6 Å². The summed E-state index contributed by atoms with van der Waals surface area (Å²) in [6.45, 7) is 3.09. The van der Waals surface area contributed by atoms with Gasteiger partial charge in [0.05, 0.1) is 15.7 Å². The number of benzene rings is 2. The Morgan fingerprint density at radius 3 is 2.30 bits per heavy atom. The number of para-hydroxylation sites is 1. The van der Waals surface area contributed by atoms with Crippen LogP contribution in [-0.4, -0.2) is 29.3 Å². The lowest BCUT2D eigenvalue weighted by molar-refractivity contribution is -0.133. The van der Waals surface area contributed by atoms with E-state index in [-0.39, 0.29) is 15.7 Å². The van der Waals surface area contributed by atoms with Crippen molar-refractivity contribution >= 4 is 46.7 Å². The predicted molar refractivity (Wildman–Crippen MR) is 104 cm³/mol. The molecule has 1 heterocycles. The Bertz CT molecular complexity index is 910. The van der Waals surface area contributed by atoms with E-state index >= 15 is 0 Å². The Labute approximate surface area is 166 Å². The summed E-state index contributed by atoms with van der Waals surface area (Å²) in [5.74, 6) is -1.08. The van der Waals surface area contributed by atoms with Gasteiger partial charge >= 0.3 is 6.03 Å². The number of nitrogens with one attached hydrogen (secondary N) is 2. The molecule has 27 heavy (non-hydrogen) atoms. The second kappa shape index (κ2) is 7.21. The lowest BCUT2D eigenvalue weighted by Gasteiger charge is -2.22. The molecule has 0 aromatic heterocycles. The normalized spacial score (nSPS) is 19.2. The number of hydrogen-bond acceptors (Lipinski definition) is 3. The Morgan fingerprint density at radius 1 is 1.11 bits per heavy atom. The van der Waals surface area contributed by atoms with Gasteiger partial charge in [-0.15, -0.1) is 0 Å². The maximum Gasteiger partial charge on any atom is 0.325 e. The monoisotopic (exact) mass is 405 g/mol. The molecule has 2 aromatic carbocycles. The molecule has 0 radical (unpaired) electrons. The van der Waals surface area contributed by atoms with E-state index in [1.54, 1.807) is 37.3 Å². The third-order valence-electron chi connectivity index (χ3n) is 4.43. The van der Waals surface area contributed by atoms with Gasteiger partial charge in [0.1, 0.15) is 12.1 Å². The van der Waals surface area contributed by atoms with Crippen LogP contribution in [0.4, 0.5) is 10.5 Å². The van der Waals surface area contributed by atoms with Crippen LogP contribution in [0, 0.1) is 6.92 Å². The van der Waals surface area contributed by atoms with Gasteiger partial charge in [0.25, 0.3) is 5.91 Å². The van der Waals surface area contributed by atoms with Gasteiger partial charge in [0, 0.05) is 0 Å². The van der Waals surface area contributed by atoms with Gasteiger partial charge in [0.2, 0.25) is 5.91 Å². The number of imide groups is 1. The first-order chi connectivity index (χ1) is 12.7. The molecule has 1 aliphatic rings. The molecule has 0 aliphatic carbocycles. The lowest BCUT2D eigenvalue weighted by Crippen LogP contribution is -2.42. The van der Waals surface area contributed by atoms with E-state index in [0.717, 1.165) is 10.5 Å². The van der Waals surface area contributed by atoms with E-state index in [9.17, 15) is 14.4 Å². The van der Waals surface area contributed by atoms with E-state index in [0.29, 0.717) is 5.56 Å². The maximum atomic E-state index is 12.9. The minimum Gasteiger partial charge on any atom is -0.322 e. The number of urea groups is 1. The zero-order valence-electron chi connectivity index (χ0n) is 14.7. The number of amides is 4. The molecule has 0 bridgehead atoms. The molecule has 0 spiro atoms. The number of carbonyl (C=O) groups is 3. The van der Waals surface area contributed by atoms with Crippen LogP contribution in [0.2, 0.25) is 10.0 Å². The molecule has 8 heteroatoms. The Kier molecular flexibility index (Phi) is 5.13. The van der Waals surface area contributed by atoms with Gasteiger partial charge in [-0.05, 0) is 31.5 Å². The van der Waals surface area contributed by atoms with Crippen LogP contribution in [0.5, 0.6) is 0 Å². The minimum atomic E-state index is -1.23. The summed E-state index contributed by atoms with van der Waals surface area (Å²) in [5.41, 5.74) is 0.683. The van der Waals surface area contributed by atoms with E-state index in [4.69, 9.17) is 23.2 Å². The molecule has 2 aromatic rings. The third-order valence-corrected chi connectivity index (χ3v) is 5.06. The van der Waals surface area contributed by atoms with Crippen LogP contribution >= 0.6 is 23.2 Å². The quantitative estimate of drug-likeness (QED) is 0.760. The van der Waals surface area contributed by atoms with Crippen LogP contribution in [0.1, 0.15) is 18.1 Å². The van der Waals surface area contributed by atoms with Gasteiger partial charge in [-0.1, -0.05) is 59.1 Å². The van der Waals surface area contributed by atoms with Crippen LogP contribution in [-0.2, 0) is 15.1 Å². The van der Waals surface area contributed by atoms with Crippen molar-refractivity contribution in [2.45, 2.75) is 19.4 Å². The number of nitrogens with zero attached hydrogens (tertiary/aromatic N) is 1. The van der Waals surface area contributed by atoms with Crippen molar-refractivity contribution < 1.29 is 14.4 Å². The van der Waals surface area contributed by atoms with Crippen LogP contribution in [0.3, 0.4) is 0 Å². The molecular formula is C19H17Cl2N3O3. The van der Waals surface area contributed by atoms with Gasteiger partial charge in [-0.3, -0.25) is 14.5 Å². The number of rotatable bonds is 4. The van der Waals surface area contributed by atoms with Crippen molar-refractivity contribution in [3.05, 3.63) is 63.6 Å². The van der Waals surface area contributed by atoms with Crippen molar-refractivity contribution in [3.63, 3.8) is 0 Å². The summed E-state index contributed by atoms with van der Waals surface area (Å²) in [6, 6.07) is 11.4. The molecule has 140 valence electrons. The van der Waals surface area contributed by atoms with Gasteiger partial charge in [0.15, 0.2) is 0 Å². The molecule has 4 amide bonds. The number of halogens is 2. The second-order valence-corrected chi connectivity index (χ2v) is 7.27. The fourth-order valence-corrected chi connectivity index (χ4v) is 3.35. The van der Waals surface area contributed by atoms with Crippen molar-refractivity contribution in [1.29, 1.82) is 0 Å². The zero-order chi connectivity index (χ0) is 19.8. The molecule has 0 unspecified atom stereocenters. The predicted octanol–water partition coefficient (Wildman–Crippen LogP) is 3.71. The topological polar surface area (TPSA) is 78.5 Å². The fraction of sp³-hybridized carbons (Fsp3) is 0.211. The Balaban J connectivity index is 1.77. The van der Waals surface area contributed by atoms with Crippen LogP contribution in [0.15, 0.2) is 42.5 Å². The molecule has 1 atom stereocenters. The number of hydrogen-bond donors (Lipinski definition) is 2. The molecular weight excluding hydrogens is 389 g/mol. The smallest absolute Gasteiger partial charge is 0.322 e. The first kappa shape index (κ1) is 19.2. The highest BCUT2D eigenvalue weighted by Crippen LogP contribution is 2.31. The van der Waals surface area contributed by atoms with E-state index in [2.05, 4.69) is 10.6 Å².